The molecule has 22 heavy (non-hydrogen) atoms. The molecule has 116 valence electrons. The molecule has 0 aliphatic heterocycles. The van der Waals surface area contributed by atoms with Crippen LogP contribution in [0.1, 0.15) is 24.2 Å². The molecule has 0 aliphatic rings. The van der Waals surface area contributed by atoms with Crippen LogP contribution in [0, 0.1) is 3.57 Å². The summed E-state index contributed by atoms with van der Waals surface area (Å²) in [6.45, 7) is 4.85. The van der Waals surface area contributed by atoms with Crippen LogP contribution >= 0.6 is 22.6 Å². The Labute approximate surface area is 144 Å². The van der Waals surface area contributed by atoms with E-state index in [1.165, 1.54) is 0 Å². The molecule has 0 saturated carbocycles. The lowest BCUT2D eigenvalue weighted by molar-refractivity contribution is 0.102. The first-order valence-corrected chi connectivity index (χ1v) is 8.18. The molecule has 0 aromatic heterocycles. The zero-order valence-electron chi connectivity index (χ0n) is 12.6. The summed E-state index contributed by atoms with van der Waals surface area (Å²) in [4.78, 5) is 12.4. The van der Waals surface area contributed by atoms with Crippen LogP contribution in [0.3, 0.4) is 0 Å². The molecule has 1 amide bonds. The van der Waals surface area contributed by atoms with Gasteiger partial charge in [-0.05, 0) is 72.8 Å². The zero-order valence-corrected chi connectivity index (χ0v) is 14.7. The minimum Gasteiger partial charge on any atom is -0.494 e. The molecule has 0 heterocycles. The Morgan fingerprint density at radius 1 is 1.05 bits per heavy atom. The minimum absolute atomic E-state index is 0.201. The normalized spacial score (nSPS) is 10.1. The first-order valence-electron chi connectivity index (χ1n) is 7.10. The topological polar surface area (TPSA) is 47.6 Å². The van der Waals surface area contributed by atoms with Gasteiger partial charge in [0.05, 0.1) is 18.8 Å². The quantitative estimate of drug-likeness (QED) is 0.720. The van der Waals surface area contributed by atoms with Crippen LogP contribution in [0.4, 0.5) is 5.69 Å². The van der Waals surface area contributed by atoms with Crippen LogP contribution in [0.25, 0.3) is 0 Å². The van der Waals surface area contributed by atoms with Crippen LogP contribution in [0.5, 0.6) is 11.5 Å². The van der Waals surface area contributed by atoms with Gasteiger partial charge in [0.1, 0.15) is 11.5 Å². The second-order valence-electron chi connectivity index (χ2n) is 4.49. The number of halogens is 1. The summed E-state index contributed by atoms with van der Waals surface area (Å²) in [7, 11) is 0. The molecule has 2 aromatic rings. The molecular formula is C17H18INO3. The summed E-state index contributed by atoms with van der Waals surface area (Å²) in [5, 5.41) is 2.87. The van der Waals surface area contributed by atoms with E-state index in [2.05, 4.69) is 27.9 Å². The monoisotopic (exact) mass is 411 g/mol. The average Bonchev–Trinajstić information content (AvgIpc) is 2.50. The molecular weight excluding hydrogens is 393 g/mol. The van der Waals surface area contributed by atoms with E-state index in [0.29, 0.717) is 30.3 Å². The molecule has 4 nitrogen and oxygen atoms in total. The Morgan fingerprint density at radius 2 is 1.73 bits per heavy atom. The second-order valence-corrected chi connectivity index (χ2v) is 5.73. The van der Waals surface area contributed by atoms with Gasteiger partial charge in [0.25, 0.3) is 5.91 Å². The zero-order chi connectivity index (χ0) is 15.9. The number of benzene rings is 2. The van der Waals surface area contributed by atoms with Gasteiger partial charge in [-0.25, -0.2) is 0 Å². The fourth-order valence-corrected chi connectivity index (χ4v) is 2.31. The summed E-state index contributed by atoms with van der Waals surface area (Å²) >= 11 is 2.22. The van der Waals surface area contributed by atoms with Gasteiger partial charge in [-0.15, -0.1) is 0 Å². The number of carbonyl (C=O) groups excluding carboxylic acids is 1. The highest BCUT2D eigenvalue weighted by Crippen LogP contribution is 2.26. The number of rotatable bonds is 6. The Bertz CT molecular complexity index is 641. The molecule has 2 rings (SSSR count). The highest BCUT2D eigenvalue weighted by Gasteiger charge is 2.14. The smallest absolute Gasteiger partial charge is 0.259 e. The van der Waals surface area contributed by atoms with E-state index in [9.17, 15) is 4.79 Å². The van der Waals surface area contributed by atoms with Crippen LogP contribution < -0.4 is 14.8 Å². The highest BCUT2D eigenvalue weighted by atomic mass is 127. The second kappa shape index (κ2) is 8.03. The molecule has 0 bridgehead atoms. The number of nitrogens with one attached hydrogen (secondary N) is 1. The van der Waals surface area contributed by atoms with E-state index >= 15 is 0 Å². The van der Waals surface area contributed by atoms with E-state index in [1.807, 2.05) is 38.1 Å². The van der Waals surface area contributed by atoms with Crippen molar-refractivity contribution in [3.05, 3.63) is 51.6 Å². The molecule has 1 N–H and O–H groups in total. The highest BCUT2D eigenvalue weighted by molar-refractivity contribution is 14.1. The van der Waals surface area contributed by atoms with Crippen molar-refractivity contribution < 1.29 is 14.3 Å². The lowest BCUT2D eigenvalue weighted by Crippen LogP contribution is -2.14. The van der Waals surface area contributed by atoms with E-state index < -0.39 is 0 Å². The predicted molar refractivity (Wildman–Crippen MR) is 95.9 cm³/mol. The van der Waals surface area contributed by atoms with Crippen molar-refractivity contribution in [2.24, 2.45) is 0 Å². The van der Waals surface area contributed by atoms with Crippen molar-refractivity contribution in [2.75, 3.05) is 18.5 Å². The van der Waals surface area contributed by atoms with Crippen LogP contribution in [0.15, 0.2) is 42.5 Å². The molecule has 0 fully saturated rings. The Hall–Kier alpha value is -1.76. The maximum Gasteiger partial charge on any atom is 0.259 e. The standard InChI is InChI=1S/C17H18INO3/c1-3-21-14-9-10-15(16(11-14)22-4-2)17(20)19-13-7-5-12(18)6-8-13/h5-11H,3-4H2,1-2H3,(H,19,20). The first-order chi connectivity index (χ1) is 10.6. The van der Waals surface area contributed by atoms with Crippen LogP contribution in [-0.2, 0) is 0 Å². The largest absolute Gasteiger partial charge is 0.494 e. The van der Waals surface area contributed by atoms with Crippen molar-refractivity contribution in [1.29, 1.82) is 0 Å². The number of carbonyl (C=O) groups is 1. The maximum atomic E-state index is 12.4. The van der Waals surface area contributed by atoms with Gasteiger partial charge < -0.3 is 14.8 Å². The number of hydrogen-bond donors (Lipinski definition) is 1. The Morgan fingerprint density at radius 3 is 2.36 bits per heavy atom. The van der Waals surface area contributed by atoms with Crippen molar-refractivity contribution in [3.8, 4) is 11.5 Å². The molecule has 0 spiro atoms. The minimum atomic E-state index is -0.201. The number of amides is 1. The van der Waals surface area contributed by atoms with Gasteiger partial charge in [-0.3, -0.25) is 4.79 Å². The van der Waals surface area contributed by atoms with Gasteiger partial charge >= 0.3 is 0 Å². The summed E-state index contributed by atoms with van der Waals surface area (Å²) in [6.07, 6.45) is 0. The van der Waals surface area contributed by atoms with Gasteiger partial charge in [0.15, 0.2) is 0 Å². The Kier molecular flexibility index (Phi) is 6.06. The lowest BCUT2D eigenvalue weighted by Gasteiger charge is -2.12. The number of anilines is 1. The number of hydrogen-bond acceptors (Lipinski definition) is 3. The van der Waals surface area contributed by atoms with Crippen LogP contribution in [-0.4, -0.2) is 19.1 Å². The predicted octanol–water partition coefficient (Wildman–Crippen LogP) is 4.34. The molecule has 2 aromatic carbocycles. The number of ether oxygens (including phenoxy) is 2. The van der Waals surface area contributed by atoms with Crippen molar-refractivity contribution in [3.63, 3.8) is 0 Å². The van der Waals surface area contributed by atoms with Crippen LogP contribution in [0.2, 0.25) is 0 Å². The molecule has 0 aliphatic carbocycles. The Balaban J connectivity index is 2.22. The van der Waals surface area contributed by atoms with Crippen molar-refractivity contribution in [1.82, 2.24) is 0 Å². The third kappa shape index (κ3) is 4.37. The maximum absolute atomic E-state index is 12.4. The SMILES string of the molecule is CCOc1ccc(C(=O)Nc2ccc(I)cc2)c(OCC)c1. The summed E-state index contributed by atoms with van der Waals surface area (Å²) in [5.74, 6) is 1.01. The lowest BCUT2D eigenvalue weighted by atomic mass is 10.1. The summed E-state index contributed by atoms with van der Waals surface area (Å²) < 4.78 is 12.1. The molecule has 0 atom stereocenters. The molecule has 5 heteroatoms. The van der Waals surface area contributed by atoms with Gasteiger partial charge in [-0.1, -0.05) is 0 Å². The van der Waals surface area contributed by atoms with Gasteiger partial charge in [0.2, 0.25) is 0 Å². The summed E-state index contributed by atoms with van der Waals surface area (Å²) in [5.41, 5.74) is 1.24. The molecule has 0 radical (unpaired) electrons. The van der Waals surface area contributed by atoms with Crippen molar-refractivity contribution >= 4 is 34.2 Å². The van der Waals surface area contributed by atoms with Gasteiger partial charge in [-0.2, -0.15) is 0 Å². The van der Waals surface area contributed by atoms with E-state index in [0.717, 1.165) is 9.26 Å². The molecule has 0 saturated heterocycles. The van der Waals surface area contributed by atoms with E-state index in [4.69, 9.17) is 9.47 Å². The summed E-state index contributed by atoms with van der Waals surface area (Å²) in [6, 6.07) is 12.9. The van der Waals surface area contributed by atoms with E-state index in [1.54, 1.807) is 18.2 Å². The fourth-order valence-electron chi connectivity index (χ4n) is 1.95. The first kappa shape index (κ1) is 16.6. The third-order valence-electron chi connectivity index (χ3n) is 2.91. The van der Waals surface area contributed by atoms with Gasteiger partial charge in [0, 0.05) is 15.3 Å². The van der Waals surface area contributed by atoms with E-state index in [-0.39, 0.29) is 5.91 Å². The third-order valence-corrected chi connectivity index (χ3v) is 3.63. The van der Waals surface area contributed by atoms with Crippen molar-refractivity contribution in [2.45, 2.75) is 13.8 Å². The fraction of sp³-hybridized carbons (Fsp3) is 0.235. The average molecular weight is 411 g/mol. The molecule has 0 unspecified atom stereocenters.